The molecule has 0 amide bonds. The number of aromatic nitrogens is 1. The minimum absolute atomic E-state index is 0.322. The van der Waals surface area contributed by atoms with Crippen molar-refractivity contribution >= 4 is 17.3 Å². The average molecular weight is 269 g/mol. The Morgan fingerprint density at radius 1 is 1.78 bits per heavy atom. The summed E-state index contributed by atoms with van der Waals surface area (Å²) >= 11 is 1.52. The van der Waals surface area contributed by atoms with Crippen LogP contribution in [0.25, 0.3) is 0 Å². The number of hydrogen-bond acceptors (Lipinski definition) is 5. The van der Waals surface area contributed by atoms with Crippen LogP contribution in [-0.2, 0) is 11.2 Å². The fourth-order valence-electron chi connectivity index (χ4n) is 2.29. The van der Waals surface area contributed by atoms with Crippen LogP contribution in [0.4, 0.5) is 0 Å². The Morgan fingerprint density at radius 3 is 3.22 bits per heavy atom. The van der Waals surface area contributed by atoms with Crippen molar-refractivity contribution in [2.24, 2.45) is 5.73 Å². The number of hydrogen-bond donors (Lipinski definition) is 2. The quantitative estimate of drug-likeness (QED) is 0.849. The molecule has 1 saturated heterocycles. The fraction of sp³-hybridized carbons (Fsp3) is 0.667. The number of rotatable bonds is 4. The first-order valence-electron chi connectivity index (χ1n) is 6.17. The van der Waals surface area contributed by atoms with E-state index in [9.17, 15) is 4.79 Å². The molecule has 0 saturated carbocycles. The molecule has 1 aliphatic heterocycles. The zero-order chi connectivity index (χ0) is 13.1. The number of carbonyl (C=O) groups is 1. The number of likely N-dealkylation sites (tertiary alicyclic amines) is 1. The maximum absolute atomic E-state index is 10.7. The van der Waals surface area contributed by atoms with Crippen LogP contribution in [0.15, 0.2) is 5.38 Å². The SMILES string of the molecule is CN1CCCC(c2csc(CC(N)C(=O)O)n2)C1. The summed E-state index contributed by atoms with van der Waals surface area (Å²) in [6.45, 7) is 2.19. The van der Waals surface area contributed by atoms with E-state index in [4.69, 9.17) is 10.8 Å². The van der Waals surface area contributed by atoms with Gasteiger partial charge in [0, 0.05) is 24.3 Å². The Labute approximate surface area is 111 Å². The standard InChI is InChI=1S/C12H19N3O2S/c1-15-4-2-3-8(6-15)10-7-18-11(14-10)5-9(13)12(16)17/h7-9H,2-6,13H2,1H3,(H,16,17). The van der Waals surface area contributed by atoms with Crippen LogP contribution in [0, 0.1) is 0 Å². The van der Waals surface area contributed by atoms with Crippen LogP contribution >= 0.6 is 11.3 Å². The van der Waals surface area contributed by atoms with Crippen molar-refractivity contribution in [3.05, 3.63) is 16.1 Å². The predicted octanol–water partition coefficient (Wildman–Crippen LogP) is 0.907. The topological polar surface area (TPSA) is 79.5 Å². The summed E-state index contributed by atoms with van der Waals surface area (Å²) in [4.78, 5) is 17.6. The van der Waals surface area contributed by atoms with Crippen molar-refractivity contribution in [2.75, 3.05) is 20.1 Å². The summed E-state index contributed by atoms with van der Waals surface area (Å²) in [5, 5.41) is 11.7. The fourth-order valence-corrected chi connectivity index (χ4v) is 3.23. The Morgan fingerprint density at radius 2 is 2.56 bits per heavy atom. The molecule has 6 heteroatoms. The second kappa shape index (κ2) is 5.77. The molecule has 2 unspecified atom stereocenters. The molecule has 2 heterocycles. The molecular formula is C12H19N3O2S. The molecule has 1 aromatic rings. The van der Waals surface area contributed by atoms with Gasteiger partial charge in [-0.25, -0.2) is 4.98 Å². The van der Waals surface area contributed by atoms with Gasteiger partial charge in [0.2, 0.25) is 0 Å². The highest BCUT2D eigenvalue weighted by molar-refractivity contribution is 7.09. The van der Waals surface area contributed by atoms with Crippen molar-refractivity contribution in [3.8, 4) is 0 Å². The van der Waals surface area contributed by atoms with Crippen LogP contribution < -0.4 is 5.73 Å². The summed E-state index contributed by atoms with van der Waals surface area (Å²) in [6, 6.07) is -0.849. The molecule has 0 bridgehead atoms. The number of aliphatic carboxylic acids is 1. The van der Waals surface area contributed by atoms with E-state index >= 15 is 0 Å². The van der Waals surface area contributed by atoms with E-state index in [0.717, 1.165) is 23.8 Å². The molecule has 3 N–H and O–H groups in total. The summed E-state index contributed by atoms with van der Waals surface area (Å²) in [5.74, 6) is -0.487. The van der Waals surface area contributed by atoms with Crippen LogP contribution in [0.5, 0.6) is 0 Å². The highest BCUT2D eigenvalue weighted by Crippen LogP contribution is 2.27. The molecule has 0 aliphatic carbocycles. The Balaban J connectivity index is 1.99. The summed E-state index contributed by atoms with van der Waals surface area (Å²) in [6.07, 6.45) is 2.68. The zero-order valence-corrected chi connectivity index (χ0v) is 11.3. The van der Waals surface area contributed by atoms with Crippen LogP contribution in [0.2, 0.25) is 0 Å². The van der Waals surface area contributed by atoms with Gasteiger partial charge < -0.3 is 15.7 Å². The van der Waals surface area contributed by atoms with Gasteiger partial charge >= 0.3 is 5.97 Å². The zero-order valence-electron chi connectivity index (χ0n) is 10.5. The Bertz CT molecular complexity index is 421. The maximum Gasteiger partial charge on any atom is 0.320 e. The average Bonchev–Trinajstić information content (AvgIpc) is 2.77. The smallest absolute Gasteiger partial charge is 0.320 e. The van der Waals surface area contributed by atoms with Crippen LogP contribution in [0.1, 0.15) is 29.5 Å². The second-order valence-corrected chi connectivity index (χ2v) is 5.86. The Hall–Kier alpha value is -0.980. The third-order valence-corrected chi connectivity index (χ3v) is 4.21. The molecule has 18 heavy (non-hydrogen) atoms. The first-order valence-corrected chi connectivity index (χ1v) is 7.05. The summed E-state index contributed by atoms with van der Waals surface area (Å²) in [7, 11) is 2.12. The first-order chi connectivity index (χ1) is 8.56. The van der Waals surface area contributed by atoms with Gasteiger partial charge in [-0.1, -0.05) is 0 Å². The van der Waals surface area contributed by atoms with E-state index in [-0.39, 0.29) is 0 Å². The number of nitrogens with zero attached hydrogens (tertiary/aromatic N) is 2. The van der Waals surface area contributed by atoms with E-state index < -0.39 is 12.0 Å². The molecule has 2 rings (SSSR count). The number of thiazole rings is 1. The molecule has 0 spiro atoms. The van der Waals surface area contributed by atoms with Crippen molar-refractivity contribution in [3.63, 3.8) is 0 Å². The lowest BCUT2D eigenvalue weighted by molar-refractivity contribution is -0.138. The maximum atomic E-state index is 10.7. The highest BCUT2D eigenvalue weighted by Gasteiger charge is 2.22. The Kier molecular flexibility index (Phi) is 4.31. The van der Waals surface area contributed by atoms with E-state index in [1.165, 1.54) is 24.2 Å². The third-order valence-electron chi connectivity index (χ3n) is 3.32. The minimum Gasteiger partial charge on any atom is -0.480 e. The third kappa shape index (κ3) is 3.28. The van der Waals surface area contributed by atoms with Crippen molar-refractivity contribution < 1.29 is 9.90 Å². The van der Waals surface area contributed by atoms with E-state index in [2.05, 4.69) is 16.9 Å². The predicted molar refractivity (Wildman–Crippen MR) is 70.9 cm³/mol. The first kappa shape index (κ1) is 13.5. The van der Waals surface area contributed by atoms with Gasteiger partial charge in [-0.2, -0.15) is 0 Å². The lowest BCUT2D eigenvalue weighted by Crippen LogP contribution is -2.32. The van der Waals surface area contributed by atoms with Gasteiger partial charge in [-0.15, -0.1) is 11.3 Å². The monoisotopic (exact) mass is 269 g/mol. The molecule has 100 valence electrons. The van der Waals surface area contributed by atoms with Gasteiger partial charge in [0.1, 0.15) is 6.04 Å². The van der Waals surface area contributed by atoms with Crippen molar-refractivity contribution in [2.45, 2.75) is 31.2 Å². The second-order valence-electron chi connectivity index (χ2n) is 4.92. The molecule has 1 aromatic heterocycles. The number of nitrogens with two attached hydrogens (primary N) is 1. The van der Waals surface area contributed by atoms with Gasteiger partial charge in [0.05, 0.1) is 10.7 Å². The van der Waals surface area contributed by atoms with Crippen LogP contribution in [0.3, 0.4) is 0 Å². The summed E-state index contributed by atoms with van der Waals surface area (Å²) in [5.41, 5.74) is 6.61. The molecule has 1 aliphatic rings. The van der Waals surface area contributed by atoms with Gasteiger partial charge in [-0.3, -0.25) is 4.79 Å². The number of piperidine rings is 1. The van der Waals surface area contributed by atoms with Gasteiger partial charge in [0.25, 0.3) is 0 Å². The highest BCUT2D eigenvalue weighted by atomic mass is 32.1. The molecular weight excluding hydrogens is 250 g/mol. The number of carboxylic acids is 1. The van der Waals surface area contributed by atoms with Gasteiger partial charge in [-0.05, 0) is 26.4 Å². The normalized spacial score (nSPS) is 22.9. The van der Waals surface area contributed by atoms with E-state index in [1.54, 1.807) is 0 Å². The molecule has 0 aromatic carbocycles. The number of likely N-dealkylation sites (N-methyl/N-ethyl adjacent to an activating group) is 1. The number of carboxylic acid groups (broad SMARTS) is 1. The molecule has 1 fully saturated rings. The largest absolute Gasteiger partial charge is 0.480 e. The van der Waals surface area contributed by atoms with Crippen molar-refractivity contribution in [1.82, 2.24) is 9.88 Å². The molecule has 5 nitrogen and oxygen atoms in total. The molecule has 0 radical (unpaired) electrons. The lowest BCUT2D eigenvalue weighted by atomic mass is 9.96. The van der Waals surface area contributed by atoms with E-state index in [0.29, 0.717) is 12.3 Å². The van der Waals surface area contributed by atoms with Gasteiger partial charge in [0.15, 0.2) is 0 Å². The minimum atomic E-state index is -0.968. The lowest BCUT2D eigenvalue weighted by Gasteiger charge is -2.28. The van der Waals surface area contributed by atoms with Crippen LogP contribution in [-0.4, -0.2) is 47.1 Å². The van der Waals surface area contributed by atoms with Crippen molar-refractivity contribution in [1.29, 1.82) is 0 Å². The molecule has 2 atom stereocenters. The van der Waals surface area contributed by atoms with E-state index in [1.807, 2.05) is 5.38 Å². The summed E-state index contributed by atoms with van der Waals surface area (Å²) < 4.78 is 0.